The predicted octanol–water partition coefficient (Wildman–Crippen LogP) is 4.81. The molecular formula is C26H22BClN2O2. The normalized spacial score (nSPS) is 10.7. The second-order valence-electron chi connectivity index (χ2n) is 7.28. The molecule has 0 bridgehead atoms. The summed E-state index contributed by atoms with van der Waals surface area (Å²) in [4.78, 5) is 4.11. The highest BCUT2D eigenvalue weighted by Gasteiger charge is 2.12. The molecule has 1 aromatic heterocycles. The lowest BCUT2D eigenvalue weighted by atomic mass is 9.83. The van der Waals surface area contributed by atoms with Crippen molar-refractivity contribution in [1.82, 2.24) is 4.98 Å². The van der Waals surface area contributed by atoms with Crippen LogP contribution in [0.5, 0.6) is 11.5 Å². The molecule has 4 nitrogen and oxygen atoms in total. The first kappa shape index (κ1) is 21.9. The van der Waals surface area contributed by atoms with E-state index >= 15 is 0 Å². The molecule has 0 spiro atoms. The number of ether oxygens (including phenoxy) is 2. The Hall–Kier alpha value is -3.28. The van der Waals surface area contributed by atoms with Gasteiger partial charge in [-0.1, -0.05) is 71.7 Å². The van der Waals surface area contributed by atoms with E-state index in [1.54, 1.807) is 24.5 Å². The molecule has 0 saturated heterocycles. The molecule has 0 unspecified atom stereocenters. The summed E-state index contributed by atoms with van der Waals surface area (Å²) in [6.45, 7) is 0.943. The van der Waals surface area contributed by atoms with Crippen LogP contribution < -0.4 is 20.7 Å². The average Bonchev–Trinajstić information content (AvgIpc) is 2.84. The summed E-state index contributed by atoms with van der Waals surface area (Å²) in [5, 5.41) is 0.469. The zero-order valence-electron chi connectivity index (χ0n) is 17.5. The summed E-state index contributed by atoms with van der Waals surface area (Å²) >= 11 is 6.45. The summed E-state index contributed by atoms with van der Waals surface area (Å²) in [5.74, 6) is 1.14. The fraction of sp³-hybridized carbons (Fsp3) is 0.115. The summed E-state index contributed by atoms with van der Waals surface area (Å²) < 4.78 is 12.0. The van der Waals surface area contributed by atoms with Gasteiger partial charge >= 0.3 is 0 Å². The van der Waals surface area contributed by atoms with Gasteiger partial charge < -0.3 is 15.2 Å². The number of benzene rings is 3. The molecule has 2 radical (unpaired) electrons. The lowest BCUT2D eigenvalue weighted by molar-refractivity contribution is 0.288. The van der Waals surface area contributed by atoms with Crippen molar-refractivity contribution in [2.75, 3.05) is 0 Å². The highest BCUT2D eigenvalue weighted by molar-refractivity contribution is 6.37. The van der Waals surface area contributed by atoms with E-state index in [-0.39, 0.29) is 6.61 Å². The van der Waals surface area contributed by atoms with Crippen molar-refractivity contribution in [2.45, 2.75) is 19.8 Å². The topological polar surface area (TPSA) is 57.4 Å². The fourth-order valence-electron chi connectivity index (χ4n) is 3.39. The van der Waals surface area contributed by atoms with Crippen molar-refractivity contribution in [3.8, 4) is 22.6 Å². The van der Waals surface area contributed by atoms with Gasteiger partial charge in [0.1, 0.15) is 32.6 Å². The maximum absolute atomic E-state index is 6.45. The fourth-order valence-corrected chi connectivity index (χ4v) is 3.63. The molecule has 0 saturated carbocycles. The maximum Gasteiger partial charge on any atom is 0.142 e. The number of rotatable bonds is 8. The van der Waals surface area contributed by atoms with E-state index in [1.807, 2.05) is 60.7 Å². The van der Waals surface area contributed by atoms with Crippen molar-refractivity contribution in [3.63, 3.8) is 0 Å². The Kier molecular flexibility index (Phi) is 7.10. The van der Waals surface area contributed by atoms with Gasteiger partial charge in [0, 0.05) is 36.1 Å². The number of aromatic nitrogens is 1. The maximum atomic E-state index is 6.45. The number of pyridine rings is 1. The van der Waals surface area contributed by atoms with Crippen molar-refractivity contribution >= 4 is 24.9 Å². The molecule has 3 aromatic carbocycles. The number of nitrogens with two attached hydrogens (primary N) is 1. The molecule has 0 amide bonds. The van der Waals surface area contributed by atoms with Crippen LogP contribution in [0.3, 0.4) is 0 Å². The van der Waals surface area contributed by atoms with Crippen LogP contribution in [0.25, 0.3) is 11.1 Å². The van der Waals surface area contributed by atoms with Gasteiger partial charge in [-0.15, -0.1) is 0 Å². The van der Waals surface area contributed by atoms with Gasteiger partial charge in [0.15, 0.2) is 0 Å². The van der Waals surface area contributed by atoms with E-state index in [0.29, 0.717) is 35.1 Å². The van der Waals surface area contributed by atoms with E-state index in [9.17, 15) is 0 Å². The number of hydrogen-bond acceptors (Lipinski definition) is 4. The van der Waals surface area contributed by atoms with E-state index in [4.69, 9.17) is 34.7 Å². The number of hydrogen-bond donors (Lipinski definition) is 1. The Labute approximate surface area is 194 Å². The van der Waals surface area contributed by atoms with Crippen LogP contribution in [0.2, 0.25) is 5.02 Å². The lowest BCUT2D eigenvalue weighted by Gasteiger charge is -2.16. The van der Waals surface area contributed by atoms with Crippen LogP contribution in [-0.2, 0) is 19.8 Å². The lowest BCUT2D eigenvalue weighted by Crippen LogP contribution is -2.15. The van der Waals surface area contributed by atoms with Crippen LogP contribution >= 0.6 is 11.6 Å². The molecule has 1 heterocycles. The predicted molar refractivity (Wildman–Crippen MR) is 130 cm³/mol. The van der Waals surface area contributed by atoms with Crippen molar-refractivity contribution in [2.24, 2.45) is 5.73 Å². The molecule has 0 aliphatic carbocycles. The summed E-state index contributed by atoms with van der Waals surface area (Å²) in [6, 6.07) is 23.3. The third-order valence-electron chi connectivity index (χ3n) is 5.12. The van der Waals surface area contributed by atoms with Crippen molar-refractivity contribution in [3.05, 3.63) is 107 Å². The second kappa shape index (κ2) is 10.4. The summed E-state index contributed by atoms with van der Waals surface area (Å²) in [6.07, 6.45) is 3.49. The van der Waals surface area contributed by atoms with Crippen LogP contribution in [0.15, 0.2) is 85.2 Å². The van der Waals surface area contributed by atoms with E-state index in [2.05, 4.69) is 4.98 Å². The largest absolute Gasteiger partial charge is 0.488 e. The minimum absolute atomic E-state index is 0.274. The molecule has 0 atom stereocenters. The van der Waals surface area contributed by atoms with Crippen LogP contribution in [-0.4, -0.2) is 12.8 Å². The molecule has 158 valence electrons. The van der Waals surface area contributed by atoms with Gasteiger partial charge in [0.2, 0.25) is 0 Å². The van der Waals surface area contributed by atoms with Crippen LogP contribution in [0, 0.1) is 0 Å². The minimum atomic E-state index is 0.274. The smallest absolute Gasteiger partial charge is 0.142 e. The van der Waals surface area contributed by atoms with E-state index in [0.717, 1.165) is 27.8 Å². The van der Waals surface area contributed by atoms with Gasteiger partial charge in [-0.25, -0.2) is 0 Å². The monoisotopic (exact) mass is 440 g/mol. The molecule has 0 aliphatic heterocycles. The molecule has 4 rings (SSSR count). The number of halogens is 1. The van der Waals surface area contributed by atoms with Gasteiger partial charge in [0.05, 0.1) is 5.02 Å². The van der Waals surface area contributed by atoms with Crippen molar-refractivity contribution in [1.29, 1.82) is 0 Å². The Morgan fingerprint density at radius 3 is 2.41 bits per heavy atom. The zero-order chi connectivity index (χ0) is 22.3. The van der Waals surface area contributed by atoms with Gasteiger partial charge in [-0.05, 0) is 28.8 Å². The molecule has 0 fully saturated rings. The molecule has 32 heavy (non-hydrogen) atoms. The molecule has 2 N–H and O–H groups in total. The Morgan fingerprint density at radius 1 is 0.844 bits per heavy atom. The Bertz CT molecular complexity index is 1190. The third-order valence-corrected chi connectivity index (χ3v) is 5.41. The second-order valence-corrected chi connectivity index (χ2v) is 7.68. The summed E-state index contributed by atoms with van der Waals surface area (Å²) in [5.41, 5.74) is 11.2. The van der Waals surface area contributed by atoms with E-state index in [1.165, 1.54) is 0 Å². The molecular weight excluding hydrogens is 419 g/mol. The highest BCUT2D eigenvalue weighted by atomic mass is 35.5. The van der Waals surface area contributed by atoms with Gasteiger partial charge in [0.25, 0.3) is 0 Å². The molecule has 6 heteroatoms. The average molecular weight is 441 g/mol. The SMILES string of the molecule is [B]c1c(COc2cc(OCc3cccnc3)c(CN)cc2Cl)cccc1-c1ccccc1. The third kappa shape index (κ3) is 5.13. The van der Waals surface area contributed by atoms with Crippen LogP contribution in [0.4, 0.5) is 0 Å². The zero-order valence-corrected chi connectivity index (χ0v) is 18.3. The first-order valence-electron chi connectivity index (χ1n) is 10.3. The van der Waals surface area contributed by atoms with Gasteiger partial charge in [-0.2, -0.15) is 0 Å². The number of nitrogens with zero attached hydrogens (tertiary/aromatic N) is 1. The highest BCUT2D eigenvalue weighted by Crippen LogP contribution is 2.34. The molecule has 0 aliphatic rings. The quantitative estimate of drug-likeness (QED) is 0.399. The van der Waals surface area contributed by atoms with Gasteiger partial charge in [-0.3, -0.25) is 4.98 Å². The molecule has 4 aromatic rings. The summed E-state index contributed by atoms with van der Waals surface area (Å²) in [7, 11) is 6.45. The van der Waals surface area contributed by atoms with E-state index < -0.39 is 0 Å². The van der Waals surface area contributed by atoms with Crippen LogP contribution in [0.1, 0.15) is 16.7 Å². The minimum Gasteiger partial charge on any atom is -0.488 e. The standard InChI is InChI=1S/C26H22BClN2O2/c27-26-20(9-4-10-22(26)19-7-2-1-3-8-19)17-32-25-13-24(21(14-29)12-23(25)28)31-16-18-6-5-11-30-15-18/h1-13,15H,14,16-17,29H2. The first-order valence-corrected chi connectivity index (χ1v) is 10.6. The Morgan fingerprint density at radius 2 is 1.66 bits per heavy atom. The van der Waals surface area contributed by atoms with Crippen molar-refractivity contribution < 1.29 is 9.47 Å². The first-order chi connectivity index (χ1) is 15.7. The Balaban J connectivity index is 1.53.